The summed E-state index contributed by atoms with van der Waals surface area (Å²) in [5.41, 5.74) is 0.578. The Hall–Kier alpha value is -1.01. The van der Waals surface area contributed by atoms with Gasteiger partial charge in [0.15, 0.2) is 11.5 Å². The van der Waals surface area contributed by atoms with Crippen LogP contribution >= 0.6 is 10.7 Å². The quantitative estimate of drug-likeness (QED) is 0.784. The van der Waals surface area contributed by atoms with Gasteiger partial charge in [-0.15, -0.1) is 0 Å². The van der Waals surface area contributed by atoms with Crippen molar-refractivity contribution in [1.82, 2.24) is 0 Å². The van der Waals surface area contributed by atoms with E-state index in [1.807, 2.05) is 0 Å². The minimum Gasteiger partial charge on any atom is -0.493 e. The third kappa shape index (κ3) is 3.74. The highest BCUT2D eigenvalue weighted by molar-refractivity contribution is 8.13. The first-order chi connectivity index (χ1) is 8.28. The molecular weight excluding hydrogens is 283 g/mol. The zero-order chi connectivity index (χ0) is 13.9. The zero-order valence-corrected chi connectivity index (χ0v) is 11.8. The van der Waals surface area contributed by atoms with Crippen LogP contribution in [-0.4, -0.2) is 22.6 Å². The molecule has 0 aromatic heterocycles. The molecule has 18 heavy (non-hydrogen) atoms. The third-order valence-corrected chi connectivity index (χ3v) is 3.34. The van der Waals surface area contributed by atoms with Gasteiger partial charge in [0.25, 0.3) is 0 Å². The van der Waals surface area contributed by atoms with E-state index in [1.54, 1.807) is 0 Å². The molecule has 7 heteroatoms. The molecule has 0 aliphatic rings. The third-order valence-electron chi connectivity index (χ3n) is 2.34. The molecule has 1 aromatic rings. The van der Waals surface area contributed by atoms with Crippen LogP contribution in [0.1, 0.15) is 24.2 Å². The highest BCUT2D eigenvalue weighted by atomic mass is 35.7. The van der Waals surface area contributed by atoms with Crippen molar-refractivity contribution >= 4 is 19.7 Å². The number of hydrogen-bond donors (Lipinski definition) is 0. The smallest absolute Gasteiger partial charge is 0.236 e. The van der Waals surface area contributed by atoms with E-state index < -0.39 is 21.0 Å². The lowest BCUT2D eigenvalue weighted by atomic mass is 10.1. The van der Waals surface area contributed by atoms with Crippen LogP contribution in [0.2, 0.25) is 0 Å². The van der Waals surface area contributed by atoms with Crippen LogP contribution in [0.15, 0.2) is 12.1 Å². The van der Waals surface area contributed by atoms with Gasteiger partial charge < -0.3 is 9.47 Å². The minimum atomic E-state index is -3.71. The standard InChI is InChI=1S/C11H14ClFO4S/c1-7(13)9-4-8(6-18(12,14)15)5-10(16-2)11(9)17-3/h4-5,7H,6H2,1-3H3. The highest BCUT2D eigenvalue weighted by Crippen LogP contribution is 2.37. The van der Waals surface area contributed by atoms with E-state index in [4.69, 9.17) is 20.2 Å². The van der Waals surface area contributed by atoms with Gasteiger partial charge in [-0.1, -0.05) is 0 Å². The molecule has 0 N–H and O–H groups in total. The van der Waals surface area contributed by atoms with Crippen LogP contribution in [0, 0.1) is 0 Å². The molecule has 1 rings (SSSR count). The number of benzene rings is 1. The molecule has 0 heterocycles. The first kappa shape index (κ1) is 15.0. The number of rotatable bonds is 5. The van der Waals surface area contributed by atoms with Crippen LogP contribution in [0.3, 0.4) is 0 Å². The molecule has 0 radical (unpaired) electrons. The summed E-state index contributed by atoms with van der Waals surface area (Å²) in [6.07, 6.45) is -1.31. The van der Waals surface area contributed by atoms with Gasteiger partial charge in [-0.2, -0.15) is 0 Å². The van der Waals surface area contributed by atoms with Gasteiger partial charge in [0.2, 0.25) is 9.05 Å². The zero-order valence-electron chi connectivity index (χ0n) is 10.2. The molecule has 0 aliphatic carbocycles. The molecule has 0 aliphatic heterocycles. The van der Waals surface area contributed by atoms with Crippen molar-refractivity contribution in [2.45, 2.75) is 18.8 Å². The molecule has 4 nitrogen and oxygen atoms in total. The lowest BCUT2D eigenvalue weighted by Crippen LogP contribution is -2.02. The van der Waals surface area contributed by atoms with Crippen LogP contribution < -0.4 is 9.47 Å². The van der Waals surface area contributed by atoms with Crippen LogP contribution in [0.25, 0.3) is 0 Å². The van der Waals surface area contributed by atoms with E-state index in [1.165, 1.54) is 33.3 Å². The number of alkyl halides is 1. The predicted molar refractivity (Wildman–Crippen MR) is 67.5 cm³/mol. The van der Waals surface area contributed by atoms with Crippen molar-refractivity contribution in [2.75, 3.05) is 14.2 Å². The van der Waals surface area contributed by atoms with Crippen molar-refractivity contribution in [3.8, 4) is 11.5 Å². The number of ether oxygens (including phenoxy) is 2. The summed E-state index contributed by atoms with van der Waals surface area (Å²) in [7, 11) is 4.25. The minimum absolute atomic E-state index is 0.229. The van der Waals surface area contributed by atoms with Crippen LogP contribution in [-0.2, 0) is 14.8 Å². The molecule has 0 amide bonds. The molecule has 1 atom stereocenters. The Morgan fingerprint density at radius 1 is 1.33 bits per heavy atom. The maximum atomic E-state index is 13.5. The second-order valence-electron chi connectivity index (χ2n) is 3.72. The van der Waals surface area contributed by atoms with Crippen molar-refractivity contribution in [2.24, 2.45) is 0 Å². The number of hydrogen-bond acceptors (Lipinski definition) is 4. The van der Waals surface area contributed by atoms with Crippen molar-refractivity contribution in [1.29, 1.82) is 0 Å². The fourth-order valence-electron chi connectivity index (χ4n) is 1.63. The second-order valence-corrected chi connectivity index (χ2v) is 6.50. The van der Waals surface area contributed by atoms with Gasteiger partial charge >= 0.3 is 0 Å². The average Bonchev–Trinajstić information content (AvgIpc) is 2.25. The van der Waals surface area contributed by atoms with Crippen LogP contribution in [0.5, 0.6) is 11.5 Å². The van der Waals surface area contributed by atoms with Crippen molar-refractivity contribution in [3.05, 3.63) is 23.3 Å². The van der Waals surface area contributed by atoms with Gasteiger partial charge in [0.05, 0.1) is 20.0 Å². The summed E-state index contributed by atoms with van der Waals surface area (Å²) >= 11 is 0. The largest absolute Gasteiger partial charge is 0.493 e. The highest BCUT2D eigenvalue weighted by Gasteiger charge is 2.19. The molecule has 1 aromatic carbocycles. The molecule has 0 bridgehead atoms. The Morgan fingerprint density at radius 2 is 1.94 bits per heavy atom. The first-order valence-corrected chi connectivity index (χ1v) is 7.57. The van der Waals surface area contributed by atoms with E-state index >= 15 is 0 Å². The fraction of sp³-hybridized carbons (Fsp3) is 0.455. The van der Waals surface area contributed by atoms with Crippen molar-refractivity contribution < 1.29 is 22.3 Å². The normalized spacial score (nSPS) is 13.2. The second kappa shape index (κ2) is 5.75. The molecular formula is C11H14ClFO4S. The predicted octanol–water partition coefficient (Wildman–Crippen LogP) is 2.80. The van der Waals surface area contributed by atoms with E-state index in [-0.39, 0.29) is 17.1 Å². The van der Waals surface area contributed by atoms with E-state index in [2.05, 4.69) is 0 Å². The van der Waals surface area contributed by atoms with E-state index in [0.29, 0.717) is 5.56 Å². The van der Waals surface area contributed by atoms with Gasteiger partial charge in [-0.25, -0.2) is 12.8 Å². The van der Waals surface area contributed by atoms with Gasteiger partial charge in [-0.05, 0) is 24.6 Å². The Labute approximate surface area is 110 Å². The van der Waals surface area contributed by atoms with Crippen molar-refractivity contribution in [3.63, 3.8) is 0 Å². The molecule has 0 saturated carbocycles. The molecule has 102 valence electrons. The SMILES string of the molecule is COc1cc(CS(=O)(=O)Cl)cc(C(C)F)c1OC. The Balaban J connectivity index is 3.36. The first-order valence-electron chi connectivity index (χ1n) is 5.09. The summed E-state index contributed by atoms with van der Waals surface area (Å²) < 4.78 is 45.7. The lowest BCUT2D eigenvalue weighted by molar-refractivity contribution is 0.324. The lowest BCUT2D eigenvalue weighted by Gasteiger charge is -2.15. The van der Waals surface area contributed by atoms with Gasteiger partial charge in [-0.3, -0.25) is 0 Å². The maximum Gasteiger partial charge on any atom is 0.236 e. The molecule has 0 fully saturated rings. The number of methoxy groups -OCH3 is 2. The van der Waals surface area contributed by atoms with Gasteiger partial charge in [0, 0.05) is 16.2 Å². The number of halogens is 2. The average molecular weight is 297 g/mol. The van der Waals surface area contributed by atoms with E-state index in [0.717, 1.165) is 0 Å². The summed E-state index contributed by atoms with van der Waals surface area (Å²) in [6.45, 7) is 1.33. The summed E-state index contributed by atoms with van der Waals surface area (Å²) in [4.78, 5) is 0. The van der Waals surface area contributed by atoms with E-state index in [9.17, 15) is 12.8 Å². The Kier molecular flexibility index (Phi) is 4.81. The van der Waals surface area contributed by atoms with Crippen LogP contribution in [0.4, 0.5) is 4.39 Å². The fourth-order valence-corrected chi connectivity index (χ4v) is 2.57. The molecule has 0 spiro atoms. The Bertz CT molecular complexity index is 528. The maximum absolute atomic E-state index is 13.5. The molecule has 1 unspecified atom stereocenters. The topological polar surface area (TPSA) is 52.6 Å². The monoisotopic (exact) mass is 296 g/mol. The Morgan fingerprint density at radius 3 is 2.33 bits per heavy atom. The summed E-state index contributed by atoms with van der Waals surface area (Å²) in [5.74, 6) is 0.132. The summed E-state index contributed by atoms with van der Waals surface area (Å²) in [6, 6.07) is 2.87. The summed E-state index contributed by atoms with van der Waals surface area (Å²) in [5, 5.41) is 0. The molecule has 0 saturated heterocycles. The van der Waals surface area contributed by atoms with Gasteiger partial charge in [0.1, 0.15) is 6.17 Å².